The summed E-state index contributed by atoms with van der Waals surface area (Å²) in [5.41, 5.74) is 0.169. The molecule has 0 bridgehead atoms. The molecule has 4 heteroatoms. The lowest BCUT2D eigenvalue weighted by atomic mass is 9.32. The van der Waals surface area contributed by atoms with Crippen LogP contribution in [0.1, 0.15) is 120 Å². The summed E-state index contributed by atoms with van der Waals surface area (Å²) in [5, 5.41) is 10.6. The van der Waals surface area contributed by atoms with E-state index in [1.165, 1.54) is 25.7 Å². The SMILES string of the molecule is CC(=O)OC1CC[C@@]2(C)C(CC[C@]3(C)C2CCC2C4[C@H](C(C)C)CCC4(C(=O)O)CC[C@]23C)C1(C)C. The molecule has 204 valence electrons. The van der Waals surface area contributed by atoms with E-state index in [-0.39, 0.29) is 33.7 Å². The van der Waals surface area contributed by atoms with Gasteiger partial charge in [0.25, 0.3) is 0 Å². The Hall–Kier alpha value is -1.06. The van der Waals surface area contributed by atoms with Crippen LogP contribution in [0.25, 0.3) is 0 Å². The molecule has 0 aliphatic heterocycles. The van der Waals surface area contributed by atoms with Crippen LogP contribution in [0, 0.1) is 62.6 Å². The second-order valence-corrected chi connectivity index (χ2v) is 15.6. The van der Waals surface area contributed by atoms with E-state index in [0.717, 1.165) is 38.5 Å². The summed E-state index contributed by atoms with van der Waals surface area (Å²) in [6.07, 6.45) is 10.9. The number of esters is 1. The minimum Gasteiger partial charge on any atom is -0.481 e. The molecule has 0 amide bonds. The van der Waals surface area contributed by atoms with Crippen LogP contribution in [0.5, 0.6) is 0 Å². The lowest BCUT2D eigenvalue weighted by Crippen LogP contribution is -2.67. The first-order valence-electron chi connectivity index (χ1n) is 15.1. The van der Waals surface area contributed by atoms with Gasteiger partial charge in [0.1, 0.15) is 6.10 Å². The Kier molecular flexibility index (Phi) is 6.06. The molecule has 5 fully saturated rings. The van der Waals surface area contributed by atoms with Crippen molar-refractivity contribution in [1.82, 2.24) is 0 Å². The van der Waals surface area contributed by atoms with Crippen molar-refractivity contribution >= 4 is 11.9 Å². The Morgan fingerprint density at radius 2 is 1.50 bits per heavy atom. The third kappa shape index (κ3) is 3.23. The third-order valence-electron chi connectivity index (χ3n) is 14.0. The van der Waals surface area contributed by atoms with Crippen molar-refractivity contribution in [2.75, 3.05) is 0 Å². The average molecular weight is 501 g/mol. The quantitative estimate of drug-likeness (QED) is 0.403. The maximum absolute atomic E-state index is 12.8. The first kappa shape index (κ1) is 26.5. The number of carbonyl (C=O) groups is 2. The van der Waals surface area contributed by atoms with Crippen molar-refractivity contribution in [2.45, 2.75) is 126 Å². The van der Waals surface area contributed by atoms with Crippen molar-refractivity contribution < 1.29 is 19.4 Å². The van der Waals surface area contributed by atoms with Crippen LogP contribution in [-0.4, -0.2) is 23.1 Å². The summed E-state index contributed by atoms with van der Waals surface area (Å²) in [4.78, 5) is 24.7. The first-order valence-corrected chi connectivity index (χ1v) is 15.1. The number of carboxylic acids is 1. The maximum atomic E-state index is 12.8. The van der Waals surface area contributed by atoms with Gasteiger partial charge in [-0.1, -0.05) is 48.5 Å². The lowest BCUT2D eigenvalue weighted by Gasteiger charge is -2.72. The van der Waals surface area contributed by atoms with Gasteiger partial charge in [-0.25, -0.2) is 0 Å². The molecule has 5 aliphatic carbocycles. The van der Waals surface area contributed by atoms with E-state index in [1.54, 1.807) is 6.92 Å². The molecule has 0 saturated heterocycles. The standard InChI is InChI=1S/C32H52O4/c1-19(2)21-11-16-32(27(34)35)18-17-30(7)22(26(21)32)9-10-24-29(6)14-13-25(36-20(3)33)28(4,5)23(29)12-15-31(24,30)8/h19,21-26H,9-18H2,1-8H3,(H,34,35)/t21-,22?,23?,24?,25?,26?,29-,30+,31+,32?/m0/s1. The molecule has 5 aliphatic rings. The highest BCUT2D eigenvalue weighted by atomic mass is 16.5. The number of rotatable bonds is 3. The molecule has 0 aromatic carbocycles. The molecule has 10 atom stereocenters. The highest BCUT2D eigenvalue weighted by Gasteiger charge is 2.72. The summed E-state index contributed by atoms with van der Waals surface area (Å²) in [7, 11) is 0. The van der Waals surface area contributed by atoms with Crippen molar-refractivity contribution in [1.29, 1.82) is 0 Å². The third-order valence-corrected chi connectivity index (χ3v) is 14.0. The fraction of sp³-hybridized carbons (Fsp3) is 0.938. The van der Waals surface area contributed by atoms with Gasteiger partial charge in [-0.15, -0.1) is 0 Å². The molecular weight excluding hydrogens is 448 g/mol. The van der Waals surface area contributed by atoms with Gasteiger partial charge in [0, 0.05) is 12.3 Å². The smallest absolute Gasteiger partial charge is 0.309 e. The fourth-order valence-corrected chi connectivity index (χ4v) is 12.1. The fourth-order valence-electron chi connectivity index (χ4n) is 12.1. The Morgan fingerprint density at radius 1 is 0.806 bits per heavy atom. The molecular formula is C32H52O4. The number of aliphatic carboxylic acids is 1. The van der Waals surface area contributed by atoms with Crippen LogP contribution >= 0.6 is 0 Å². The largest absolute Gasteiger partial charge is 0.481 e. The predicted octanol–water partition coefficient (Wildman–Crippen LogP) is 7.74. The summed E-state index contributed by atoms with van der Waals surface area (Å²) >= 11 is 0. The summed E-state index contributed by atoms with van der Waals surface area (Å²) in [6.45, 7) is 18.7. The Labute approximate surface area is 219 Å². The second kappa shape index (κ2) is 8.22. The monoisotopic (exact) mass is 500 g/mol. The number of ether oxygens (including phenoxy) is 1. The average Bonchev–Trinajstić information content (AvgIpc) is 3.17. The molecule has 0 heterocycles. The van der Waals surface area contributed by atoms with Crippen molar-refractivity contribution in [3.05, 3.63) is 0 Å². The van der Waals surface area contributed by atoms with Crippen LogP contribution in [0.4, 0.5) is 0 Å². The van der Waals surface area contributed by atoms with Gasteiger partial charge in [0.05, 0.1) is 5.41 Å². The Morgan fingerprint density at radius 3 is 2.11 bits per heavy atom. The number of carboxylic acid groups (broad SMARTS) is 1. The van der Waals surface area contributed by atoms with E-state index >= 15 is 0 Å². The maximum Gasteiger partial charge on any atom is 0.309 e. The topological polar surface area (TPSA) is 63.6 Å². The van der Waals surface area contributed by atoms with E-state index in [1.807, 2.05) is 0 Å². The summed E-state index contributed by atoms with van der Waals surface area (Å²) < 4.78 is 5.89. The number of fused-ring (bicyclic) bond motifs is 7. The molecule has 1 N–H and O–H groups in total. The lowest BCUT2D eigenvalue weighted by molar-refractivity contribution is -0.251. The van der Waals surface area contributed by atoms with E-state index in [9.17, 15) is 14.7 Å². The minimum absolute atomic E-state index is 0.0144. The zero-order valence-electron chi connectivity index (χ0n) is 24.3. The van der Waals surface area contributed by atoms with Gasteiger partial charge in [0.2, 0.25) is 0 Å². The molecule has 6 unspecified atom stereocenters. The van der Waals surface area contributed by atoms with Crippen LogP contribution < -0.4 is 0 Å². The van der Waals surface area contributed by atoms with Crippen LogP contribution in [0.3, 0.4) is 0 Å². The number of hydrogen-bond acceptors (Lipinski definition) is 3. The predicted molar refractivity (Wildman–Crippen MR) is 142 cm³/mol. The molecule has 0 radical (unpaired) electrons. The van der Waals surface area contributed by atoms with Gasteiger partial charge >= 0.3 is 11.9 Å². The molecule has 36 heavy (non-hydrogen) atoms. The number of carbonyl (C=O) groups excluding carboxylic acids is 1. The summed E-state index contributed by atoms with van der Waals surface area (Å²) in [6, 6.07) is 0. The van der Waals surface area contributed by atoms with Crippen LogP contribution in [0.2, 0.25) is 0 Å². The molecule has 0 aromatic rings. The molecule has 5 rings (SSSR count). The minimum atomic E-state index is -0.508. The Balaban J connectivity index is 1.52. The molecule has 4 nitrogen and oxygen atoms in total. The normalized spacial score (nSPS) is 51.5. The van der Waals surface area contributed by atoms with Gasteiger partial charge in [-0.3, -0.25) is 9.59 Å². The van der Waals surface area contributed by atoms with Crippen LogP contribution in [-0.2, 0) is 14.3 Å². The van der Waals surface area contributed by atoms with Crippen molar-refractivity contribution in [3.63, 3.8) is 0 Å². The molecule has 5 saturated carbocycles. The highest BCUT2D eigenvalue weighted by molar-refractivity contribution is 5.76. The number of hydrogen-bond donors (Lipinski definition) is 1. The zero-order valence-corrected chi connectivity index (χ0v) is 24.3. The van der Waals surface area contributed by atoms with Crippen LogP contribution in [0.15, 0.2) is 0 Å². The summed E-state index contributed by atoms with van der Waals surface area (Å²) in [5.74, 6) is 2.48. The van der Waals surface area contributed by atoms with Crippen molar-refractivity contribution in [3.8, 4) is 0 Å². The van der Waals surface area contributed by atoms with E-state index < -0.39 is 11.4 Å². The highest BCUT2D eigenvalue weighted by Crippen LogP contribution is 2.77. The first-order chi connectivity index (χ1) is 16.6. The van der Waals surface area contributed by atoms with Gasteiger partial charge < -0.3 is 9.84 Å². The zero-order chi connectivity index (χ0) is 26.5. The molecule has 0 spiro atoms. The van der Waals surface area contributed by atoms with E-state index in [0.29, 0.717) is 35.5 Å². The van der Waals surface area contributed by atoms with Gasteiger partial charge in [-0.2, -0.15) is 0 Å². The van der Waals surface area contributed by atoms with Gasteiger partial charge in [0.15, 0.2) is 0 Å². The molecule has 0 aromatic heterocycles. The Bertz CT molecular complexity index is 923. The van der Waals surface area contributed by atoms with E-state index in [4.69, 9.17) is 4.74 Å². The van der Waals surface area contributed by atoms with E-state index in [2.05, 4.69) is 48.5 Å². The van der Waals surface area contributed by atoms with Gasteiger partial charge in [-0.05, 0) is 116 Å². The second-order valence-electron chi connectivity index (χ2n) is 15.6. The van der Waals surface area contributed by atoms with Crippen molar-refractivity contribution in [2.24, 2.45) is 62.6 Å².